The molecule has 1 rings (SSSR count). The second kappa shape index (κ2) is 4.96. The molecule has 9 nitrogen and oxygen atoms in total. The number of hydrazone groups is 2. The van der Waals surface area contributed by atoms with E-state index in [1.165, 1.54) is 6.92 Å². The zero-order valence-corrected chi connectivity index (χ0v) is 10.1. The molecule has 4 amide bonds. The third kappa shape index (κ3) is 2.79. The molecule has 1 unspecified atom stereocenters. The van der Waals surface area contributed by atoms with Crippen molar-refractivity contribution in [2.75, 3.05) is 0 Å². The summed E-state index contributed by atoms with van der Waals surface area (Å²) in [5.74, 6) is 0. The Morgan fingerprint density at radius 2 is 2.05 bits per heavy atom. The first-order chi connectivity index (χ1) is 8.99. The Hall–Kier alpha value is -2.37. The van der Waals surface area contributed by atoms with Gasteiger partial charge in [0.1, 0.15) is 0 Å². The molecular weight excluding hydrogens is 285 g/mol. The summed E-state index contributed by atoms with van der Waals surface area (Å²) < 4.78 is 38.4. The number of amides is 4. The number of nitrogens with zero attached hydrogens (tertiary/aromatic N) is 3. The molecule has 0 saturated heterocycles. The molecule has 20 heavy (non-hydrogen) atoms. The third-order valence-corrected chi connectivity index (χ3v) is 2.40. The highest BCUT2D eigenvalue weighted by Gasteiger charge is 2.63. The monoisotopic (exact) mass is 296 g/mol. The molecule has 0 bridgehead atoms. The maximum absolute atomic E-state index is 12.8. The summed E-state index contributed by atoms with van der Waals surface area (Å²) in [5, 5.41) is 15.9. The number of alkyl halides is 3. The van der Waals surface area contributed by atoms with E-state index in [0.717, 1.165) is 0 Å². The fourth-order valence-electron chi connectivity index (χ4n) is 1.40. The Morgan fingerprint density at radius 3 is 2.40 bits per heavy atom. The van der Waals surface area contributed by atoms with Gasteiger partial charge in [-0.2, -0.15) is 28.4 Å². The van der Waals surface area contributed by atoms with Gasteiger partial charge in [0.2, 0.25) is 0 Å². The lowest BCUT2D eigenvalue weighted by atomic mass is 10.0. The maximum atomic E-state index is 12.8. The van der Waals surface area contributed by atoms with Crippen LogP contribution in [0.25, 0.3) is 0 Å². The van der Waals surface area contributed by atoms with Crippen molar-refractivity contribution in [2.24, 2.45) is 21.7 Å². The second-order valence-electron chi connectivity index (χ2n) is 3.86. The molecule has 112 valence electrons. The summed E-state index contributed by atoms with van der Waals surface area (Å²) in [5.41, 5.74) is 7.15. The van der Waals surface area contributed by atoms with Crippen LogP contribution in [0, 0.1) is 0 Å². The van der Waals surface area contributed by atoms with Crippen LogP contribution in [0.15, 0.2) is 10.2 Å². The minimum atomic E-state index is -5.18. The number of hydrogen-bond acceptors (Lipinski definition) is 5. The van der Waals surface area contributed by atoms with Crippen molar-refractivity contribution in [3.8, 4) is 0 Å². The van der Waals surface area contributed by atoms with Crippen LogP contribution in [0.3, 0.4) is 0 Å². The minimum Gasteiger partial charge on any atom is -0.362 e. The molecule has 0 aromatic heterocycles. The van der Waals surface area contributed by atoms with Gasteiger partial charge >= 0.3 is 18.2 Å². The fourth-order valence-corrected chi connectivity index (χ4v) is 1.40. The smallest absolute Gasteiger partial charge is 0.362 e. The van der Waals surface area contributed by atoms with E-state index in [9.17, 15) is 27.9 Å². The molecule has 1 heterocycles. The zero-order valence-electron chi connectivity index (χ0n) is 10.1. The first-order valence-electron chi connectivity index (χ1n) is 5.05. The Labute approximate surface area is 110 Å². The van der Waals surface area contributed by atoms with Crippen molar-refractivity contribution < 1.29 is 27.9 Å². The Balaban J connectivity index is 3.10. The second-order valence-corrected chi connectivity index (χ2v) is 3.86. The number of nitrogens with one attached hydrogen (secondary N) is 1. The van der Waals surface area contributed by atoms with Gasteiger partial charge in [-0.15, -0.1) is 0 Å². The van der Waals surface area contributed by atoms with E-state index in [1.54, 1.807) is 5.43 Å². The van der Waals surface area contributed by atoms with Gasteiger partial charge in [-0.25, -0.2) is 15.0 Å². The Bertz CT molecular complexity index is 502. The minimum absolute atomic E-state index is 0.171. The van der Waals surface area contributed by atoms with E-state index in [4.69, 9.17) is 11.5 Å². The molecule has 12 heteroatoms. The largest absolute Gasteiger partial charge is 0.438 e. The summed E-state index contributed by atoms with van der Waals surface area (Å²) in [6, 6.07) is -2.63. The molecule has 0 aliphatic carbocycles. The summed E-state index contributed by atoms with van der Waals surface area (Å²) in [6.07, 6.45) is -6.25. The van der Waals surface area contributed by atoms with Crippen LogP contribution in [-0.2, 0) is 0 Å². The number of carbonyl (C=O) groups is 2. The first kappa shape index (κ1) is 15.7. The first-order valence-corrected chi connectivity index (χ1v) is 5.05. The van der Waals surface area contributed by atoms with Crippen LogP contribution in [0.5, 0.6) is 0 Å². The standard InChI is InChI=1S/C8H11F3N6O3/c1-3(14-15-5(12)18)4-2-7(20,8(9,10)11)17(16-4)6(13)19/h20H,2H2,1H3,(H2,13,19)(H3,12,15,18)/b14-3+. The van der Waals surface area contributed by atoms with E-state index in [-0.39, 0.29) is 16.4 Å². The van der Waals surface area contributed by atoms with Gasteiger partial charge in [0.15, 0.2) is 0 Å². The number of hydrogen-bond donors (Lipinski definition) is 4. The van der Waals surface area contributed by atoms with Gasteiger partial charge in [0, 0.05) is 0 Å². The summed E-state index contributed by atoms with van der Waals surface area (Å²) in [6.45, 7) is 1.20. The van der Waals surface area contributed by atoms with Crippen molar-refractivity contribution in [3.05, 3.63) is 0 Å². The predicted octanol–water partition coefficient (Wildman–Crippen LogP) is -0.578. The van der Waals surface area contributed by atoms with Crippen LogP contribution in [0.4, 0.5) is 22.8 Å². The zero-order chi connectivity index (χ0) is 15.7. The normalized spacial score (nSPS) is 23.6. The summed E-state index contributed by atoms with van der Waals surface area (Å²) in [7, 11) is 0. The molecule has 0 aromatic rings. The Kier molecular flexibility index (Phi) is 3.89. The van der Waals surface area contributed by atoms with Crippen LogP contribution in [0.1, 0.15) is 13.3 Å². The average Bonchev–Trinajstić information content (AvgIpc) is 2.65. The van der Waals surface area contributed by atoms with Crippen LogP contribution >= 0.6 is 0 Å². The van der Waals surface area contributed by atoms with Gasteiger partial charge in [0.25, 0.3) is 5.72 Å². The molecule has 0 saturated carbocycles. The van der Waals surface area contributed by atoms with E-state index < -0.39 is 30.4 Å². The lowest BCUT2D eigenvalue weighted by Gasteiger charge is -2.31. The number of carbonyl (C=O) groups excluding carboxylic acids is 2. The van der Waals surface area contributed by atoms with Gasteiger partial charge in [0.05, 0.1) is 17.8 Å². The van der Waals surface area contributed by atoms with Crippen molar-refractivity contribution in [1.82, 2.24) is 10.4 Å². The van der Waals surface area contributed by atoms with Crippen molar-refractivity contribution in [3.63, 3.8) is 0 Å². The van der Waals surface area contributed by atoms with E-state index >= 15 is 0 Å². The number of halogens is 3. The van der Waals surface area contributed by atoms with Crippen molar-refractivity contribution in [2.45, 2.75) is 25.2 Å². The molecule has 6 N–H and O–H groups in total. The highest BCUT2D eigenvalue weighted by Crippen LogP contribution is 2.40. The van der Waals surface area contributed by atoms with Crippen LogP contribution < -0.4 is 16.9 Å². The molecule has 0 fully saturated rings. The van der Waals surface area contributed by atoms with Gasteiger partial charge in [-0.05, 0) is 6.92 Å². The third-order valence-electron chi connectivity index (χ3n) is 2.40. The molecule has 0 radical (unpaired) electrons. The van der Waals surface area contributed by atoms with Gasteiger partial charge in [-0.1, -0.05) is 0 Å². The van der Waals surface area contributed by atoms with Gasteiger partial charge in [-0.3, -0.25) is 0 Å². The number of primary amides is 2. The topological polar surface area (TPSA) is 146 Å². The number of nitrogens with two attached hydrogens (primary N) is 2. The molecule has 1 atom stereocenters. The molecular formula is C8H11F3N6O3. The molecule has 1 aliphatic rings. The summed E-state index contributed by atoms with van der Waals surface area (Å²) in [4.78, 5) is 21.4. The number of aliphatic hydroxyl groups is 1. The van der Waals surface area contributed by atoms with E-state index in [1.807, 2.05) is 0 Å². The van der Waals surface area contributed by atoms with Crippen molar-refractivity contribution in [1.29, 1.82) is 0 Å². The predicted molar refractivity (Wildman–Crippen MR) is 60.3 cm³/mol. The average molecular weight is 296 g/mol. The SMILES string of the molecule is C/C(=N\NC(N)=O)C1=NN(C(N)=O)C(O)(C(F)(F)F)C1. The number of urea groups is 2. The maximum Gasteiger partial charge on any atom is 0.438 e. The highest BCUT2D eigenvalue weighted by atomic mass is 19.4. The van der Waals surface area contributed by atoms with E-state index in [0.29, 0.717) is 0 Å². The summed E-state index contributed by atoms with van der Waals surface area (Å²) >= 11 is 0. The molecule has 0 spiro atoms. The highest BCUT2D eigenvalue weighted by molar-refractivity contribution is 6.42. The molecule has 0 aromatic carbocycles. The Morgan fingerprint density at radius 1 is 1.50 bits per heavy atom. The van der Waals surface area contributed by atoms with Gasteiger partial charge < -0.3 is 16.6 Å². The van der Waals surface area contributed by atoms with Crippen LogP contribution in [-0.4, -0.2) is 45.5 Å². The lowest BCUT2D eigenvalue weighted by Crippen LogP contribution is -2.58. The van der Waals surface area contributed by atoms with E-state index in [2.05, 4.69) is 10.2 Å². The quantitative estimate of drug-likeness (QED) is 0.399. The number of rotatable bonds is 2. The molecule has 1 aliphatic heterocycles. The lowest BCUT2D eigenvalue weighted by molar-refractivity contribution is -0.296. The van der Waals surface area contributed by atoms with Crippen molar-refractivity contribution >= 4 is 23.5 Å². The fraction of sp³-hybridized carbons (Fsp3) is 0.500. The van der Waals surface area contributed by atoms with Crippen LogP contribution in [0.2, 0.25) is 0 Å².